The van der Waals surface area contributed by atoms with E-state index < -0.39 is 0 Å². The molecule has 282 valence electrons. The first kappa shape index (κ1) is 34.0. The molecule has 0 N–H and O–H groups in total. The van der Waals surface area contributed by atoms with Gasteiger partial charge in [-0.2, -0.15) is 0 Å². The van der Waals surface area contributed by atoms with Crippen LogP contribution in [0.25, 0.3) is 76.5 Å². The van der Waals surface area contributed by atoms with Gasteiger partial charge in [-0.15, -0.1) is 0 Å². The summed E-state index contributed by atoms with van der Waals surface area (Å²) in [5, 5.41) is 9.21. The van der Waals surface area contributed by atoms with Gasteiger partial charge in [0.15, 0.2) is 0 Å². The molecular formula is C56H36N2O2. The van der Waals surface area contributed by atoms with Crippen LogP contribution in [-0.2, 0) is 0 Å². The summed E-state index contributed by atoms with van der Waals surface area (Å²) < 4.78 is 12.8. The molecule has 0 atom stereocenters. The molecule has 4 heteroatoms. The number of benzene rings is 10. The van der Waals surface area contributed by atoms with E-state index in [1.165, 1.54) is 21.5 Å². The first-order valence-electron chi connectivity index (χ1n) is 20.3. The van der Waals surface area contributed by atoms with Crippen molar-refractivity contribution in [2.24, 2.45) is 0 Å². The highest BCUT2D eigenvalue weighted by molar-refractivity contribution is 6.08. The maximum Gasteiger partial charge on any atom is 0.137 e. The summed E-state index contributed by atoms with van der Waals surface area (Å²) in [5.41, 5.74) is 12.2. The smallest absolute Gasteiger partial charge is 0.137 e. The Balaban J connectivity index is 0.938. The van der Waals surface area contributed by atoms with Crippen LogP contribution in [-0.4, -0.2) is 0 Å². The van der Waals surface area contributed by atoms with Crippen LogP contribution in [0.15, 0.2) is 227 Å². The van der Waals surface area contributed by atoms with Gasteiger partial charge in [0.05, 0.1) is 11.4 Å². The molecule has 0 radical (unpaired) electrons. The van der Waals surface area contributed by atoms with E-state index >= 15 is 0 Å². The van der Waals surface area contributed by atoms with Crippen LogP contribution in [0.5, 0.6) is 0 Å². The zero-order chi connectivity index (χ0) is 39.6. The van der Waals surface area contributed by atoms with E-state index in [-0.39, 0.29) is 0 Å². The van der Waals surface area contributed by atoms with Crippen molar-refractivity contribution in [3.8, 4) is 11.1 Å². The van der Waals surface area contributed by atoms with Gasteiger partial charge in [-0.05, 0) is 94.7 Å². The molecule has 0 amide bonds. The fourth-order valence-electron chi connectivity index (χ4n) is 8.97. The van der Waals surface area contributed by atoms with Gasteiger partial charge in [0.1, 0.15) is 22.3 Å². The molecule has 2 heterocycles. The summed E-state index contributed by atoms with van der Waals surface area (Å²) in [5.74, 6) is 0. The Morgan fingerprint density at radius 3 is 1.05 bits per heavy atom. The maximum atomic E-state index is 6.38. The average molecular weight is 769 g/mol. The first-order valence-corrected chi connectivity index (χ1v) is 20.3. The molecule has 0 unspecified atom stereocenters. The first-order chi connectivity index (χ1) is 29.7. The van der Waals surface area contributed by atoms with Crippen molar-refractivity contribution in [1.82, 2.24) is 0 Å². The van der Waals surface area contributed by atoms with Crippen LogP contribution >= 0.6 is 0 Å². The molecule has 12 rings (SSSR count). The number of para-hydroxylation sites is 2. The van der Waals surface area contributed by atoms with E-state index in [9.17, 15) is 0 Å². The lowest BCUT2D eigenvalue weighted by Gasteiger charge is -2.27. The van der Waals surface area contributed by atoms with Crippen molar-refractivity contribution in [2.75, 3.05) is 9.80 Å². The summed E-state index contributed by atoms with van der Waals surface area (Å²) in [6, 6.07) is 77.5. The Hall–Kier alpha value is -8.08. The van der Waals surface area contributed by atoms with Crippen LogP contribution in [0.2, 0.25) is 0 Å². The third kappa shape index (κ3) is 5.61. The number of hydrogen-bond acceptors (Lipinski definition) is 4. The lowest BCUT2D eigenvalue weighted by Crippen LogP contribution is -2.10. The normalized spacial score (nSPS) is 11.7. The highest BCUT2D eigenvalue weighted by Gasteiger charge is 2.20. The zero-order valence-corrected chi connectivity index (χ0v) is 32.5. The fourth-order valence-corrected chi connectivity index (χ4v) is 8.97. The van der Waals surface area contributed by atoms with E-state index in [4.69, 9.17) is 8.83 Å². The van der Waals surface area contributed by atoms with Gasteiger partial charge >= 0.3 is 0 Å². The number of fused-ring (bicyclic) bond motifs is 8. The molecule has 0 saturated carbocycles. The van der Waals surface area contributed by atoms with Crippen molar-refractivity contribution in [2.45, 2.75) is 0 Å². The van der Waals surface area contributed by atoms with Crippen LogP contribution in [0.4, 0.5) is 34.1 Å². The van der Waals surface area contributed by atoms with E-state index in [1.54, 1.807) is 0 Å². The highest BCUT2D eigenvalue weighted by atomic mass is 16.3. The standard InChI is InChI=1S/C56H36N2O2/c1-3-15-45-39(11-1)13-9-19-51(45)57(43-31-33-49-47-17-5-7-21-53(47)59-55(49)35-43)41-27-23-37(24-28-41)38-25-29-42(30-26-38)58(52-20-10-14-40-12-2-4-16-46(40)52)44-32-34-50-48-18-6-8-22-54(48)60-56(50)36-44/h1-36H. The second-order valence-corrected chi connectivity index (χ2v) is 15.3. The van der Waals surface area contributed by atoms with Crippen LogP contribution in [0.3, 0.4) is 0 Å². The number of nitrogens with zero attached hydrogens (tertiary/aromatic N) is 2. The molecule has 10 aromatic carbocycles. The SMILES string of the molecule is c1ccc2c(N(c3ccc(-c4ccc(N(c5ccc6c(c5)oc5ccccc56)c5cccc6ccccc56)cc4)cc3)c3ccc4c(c3)oc3ccccc34)cccc2c1. The third-order valence-electron chi connectivity index (χ3n) is 11.8. The molecule has 0 aliphatic carbocycles. The monoisotopic (exact) mass is 768 g/mol. The fraction of sp³-hybridized carbons (Fsp3) is 0. The minimum atomic E-state index is 0.866. The van der Waals surface area contributed by atoms with Crippen LogP contribution in [0, 0.1) is 0 Å². The minimum Gasteiger partial charge on any atom is -0.456 e. The summed E-state index contributed by atoms with van der Waals surface area (Å²) >= 11 is 0. The topological polar surface area (TPSA) is 32.8 Å². The molecule has 4 nitrogen and oxygen atoms in total. The Morgan fingerprint density at radius 1 is 0.250 bits per heavy atom. The van der Waals surface area contributed by atoms with Crippen molar-refractivity contribution in [3.05, 3.63) is 218 Å². The predicted octanol–water partition coefficient (Wildman–Crippen LogP) is 16.4. The van der Waals surface area contributed by atoms with E-state index in [0.717, 1.165) is 89.1 Å². The van der Waals surface area contributed by atoms with Gasteiger partial charge in [0, 0.05) is 67.2 Å². The quantitative estimate of drug-likeness (QED) is 0.162. The lowest BCUT2D eigenvalue weighted by molar-refractivity contribution is 0.668. The van der Waals surface area contributed by atoms with Gasteiger partial charge in [0.2, 0.25) is 0 Å². The van der Waals surface area contributed by atoms with E-state index in [1.807, 2.05) is 24.3 Å². The van der Waals surface area contributed by atoms with Gasteiger partial charge in [-0.1, -0.05) is 133 Å². The molecule has 2 aromatic heterocycles. The number of hydrogen-bond donors (Lipinski definition) is 0. The van der Waals surface area contributed by atoms with Crippen LogP contribution in [0.1, 0.15) is 0 Å². The zero-order valence-electron chi connectivity index (χ0n) is 32.5. The van der Waals surface area contributed by atoms with Crippen molar-refractivity contribution in [1.29, 1.82) is 0 Å². The Bertz CT molecular complexity index is 3310. The Morgan fingerprint density at radius 2 is 0.600 bits per heavy atom. The maximum absolute atomic E-state index is 6.38. The third-order valence-corrected chi connectivity index (χ3v) is 11.8. The van der Waals surface area contributed by atoms with Crippen LogP contribution < -0.4 is 9.80 Å². The summed E-state index contributed by atoms with van der Waals surface area (Å²) in [6.45, 7) is 0. The molecule has 0 aliphatic rings. The van der Waals surface area contributed by atoms with E-state index in [2.05, 4.69) is 204 Å². The second-order valence-electron chi connectivity index (χ2n) is 15.3. The van der Waals surface area contributed by atoms with Gasteiger partial charge < -0.3 is 18.6 Å². The van der Waals surface area contributed by atoms with Gasteiger partial charge in [-0.3, -0.25) is 0 Å². The summed E-state index contributed by atoms with van der Waals surface area (Å²) in [6.07, 6.45) is 0. The molecule has 60 heavy (non-hydrogen) atoms. The minimum absolute atomic E-state index is 0.866. The largest absolute Gasteiger partial charge is 0.456 e. The number of anilines is 6. The molecule has 0 spiro atoms. The molecule has 0 bridgehead atoms. The number of rotatable bonds is 7. The average Bonchev–Trinajstić information content (AvgIpc) is 3.88. The molecule has 0 fully saturated rings. The Kier molecular flexibility index (Phi) is 7.82. The van der Waals surface area contributed by atoms with Gasteiger partial charge in [0.25, 0.3) is 0 Å². The highest BCUT2D eigenvalue weighted by Crippen LogP contribution is 2.44. The van der Waals surface area contributed by atoms with Crippen molar-refractivity contribution in [3.63, 3.8) is 0 Å². The molecular weight excluding hydrogens is 733 g/mol. The van der Waals surface area contributed by atoms with Gasteiger partial charge in [-0.25, -0.2) is 0 Å². The number of furan rings is 2. The lowest BCUT2D eigenvalue weighted by atomic mass is 10.0. The second kappa shape index (κ2) is 13.8. The van der Waals surface area contributed by atoms with Crippen molar-refractivity contribution < 1.29 is 8.83 Å². The molecule has 0 aliphatic heterocycles. The predicted molar refractivity (Wildman–Crippen MR) is 251 cm³/mol. The summed E-state index contributed by atoms with van der Waals surface area (Å²) in [4.78, 5) is 4.67. The molecule has 0 saturated heterocycles. The molecule has 12 aromatic rings. The van der Waals surface area contributed by atoms with Crippen molar-refractivity contribution >= 4 is 99.5 Å². The summed E-state index contributed by atoms with van der Waals surface area (Å²) in [7, 11) is 0. The van der Waals surface area contributed by atoms with E-state index in [0.29, 0.717) is 0 Å². The Labute approximate surface area is 346 Å².